The van der Waals surface area contributed by atoms with Crippen molar-refractivity contribution < 1.29 is 0 Å². The molecule has 1 aromatic rings. The molecule has 0 N–H and O–H groups in total. The van der Waals surface area contributed by atoms with E-state index in [0.29, 0.717) is 6.17 Å². The maximum Gasteiger partial charge on any atom is 0.101 e. The van der Waals surface area contributed by atoms with Crippen molar-refractivity contribution in [3.8, 4) is 0 Å². The Morgan fingerprint density at radius 3 is 1.13 bits per heavy atom. The maximum atomic E-state index is 2.68. The van der Waals surface area contributed by atoms with Crippen LogP contribution in [0.3, 0.4) is 0 Å². The molecule has 47 heavy (non-hydrogen) atoms. The minimum Gasteiger partial charge on any atom is -0.356 e. The van der Waals surface area contributed by atoms with Gasteiger partial charge in [0, 0.05) is 25.5 Å². The molecule has 2 heteroatoms. The molecular formula is C45H82N2. The zero-order valence-electron chi connectivity index (χ0n) is 32.1. The molecule has 0 radical (unpaired) electrons. The summed E-state index contributed by atoms with van der Waals surface area (Å²) in [6, 6.07) is 11.1. The zero-order valence-corrected chi connectivity index (χ0v) is 32.1. The summed E-state index contributed by atoms with van der Waals surface area (Å²) in [4.78, 5) is 5.29. The second kappa shape index (κ2) is 31.8. The van der Waals surface area contributed by atoms with Crippen LogP contribution in [-0.2, 0) is 6.54 Å². The van der Waals surface area contributed by atoms with Crippen molar-refractivity contribution in [2.75, 3.05) is 6.54 Å². The highest BCUT2D eigenvalue weighted by atomic mass is 15.4. The lowest BCUT2D eigenvalue weighted by Crippen LogP contribution is -2.38. The molecule has 0 aromatic heterocycles. The van der Waals surface area contributed by atoms with E-state index in [-0.39, 0.29) is 0 Å². The average molecular weight is 651 g/mol. The van der Waals surface area contributed by atoms with Crippen LogP contribution in [0.5, 0.6) is 0 Å². The molecule has 0 fully saturated rings. The fraction of sp³-hybridized carbons (Fsp3) is 0.822. The molecule has 0 spiro atoms. The van der Waals surface area contributed by atoms with Gasteiger partial charge < -0.3 is 9.80 Å². The fourth-order valence-electron chi connectivity index (χ4n) is 7.61. The van der Waals surface area contributed by atoms with Crippen LogP contribution in [0.25, 0.3) is 0 Å². The van der Waals surface area contributed by atoms with Crippen LogP contribution in [-0.4, -0.2) is 22.5 Å². The first kappa shape index (κ1) is 41.7. The predicted octanol–water partition coefficient (Wildman–Crippen LogP) is 15.1. The van der Waals surface area contributed by atoms with Gasteiger partial charge in [0.1, 0.15) is 6.17 Å². The highest BCUT2D eigenvalue weighted by Gasteiger charge is 2.25. The Bertz CT molecular complexity index is 788. The van der Waals surface area contributed by atoms with Crippen molar-refractivity contribution in [3.63, 3.8) is 0 Å². The van der Waals surface area contributed by atoms with E-state index < -0.39 is 0 Å². The largest absolute Gasteiger partial charge is 0.356 e. The molecule has 0 saturated heterocycles. The van der Waals surface area contributed by atoms with Gasteiger partial charge in [-0.05, 0) is 24.8 Å². The average Bonchev–Trinajstić information content (AvgIpc) is 3.47. The molecule has 1 atom stereocenters. The second-order valence-electron chi connectivity index (χ2n) is 15.2. The second-order valence-corrected chi connectivity index (χ2v) is 15.2. The molecule has 272 valence electrons. The van der Waals surface area contributed by atoms with Crippen LogP contribution in [0.15, 0.2) is 42.7 Å². The van der Waals surface area contributed by atoms with Crippen molar-refractivity contribution in [1.29, 1.82) is 0 Å². The van der Waals surface area contributed by atoms with Crippen molar-refractivity contribution in [3.05, 3.63) is 48.3 Å². The van der Waals surface area contributed by atoms with Gasteiger partial charge in [0.25, 0.3) is 0 Å². The molecule has 2 rings (SSSR count). The van der Waals surface area contributed by atoms with E-state index in [4.69, 9.17) is 0 Å². The van der Waals surface area contributed by atoms with E-state index in [9.17, 15) is 0 Å². The normalized spacial score (nSPS) is 14.6. The van der Waals surface area contributed by atoms with Crippen molar-refractivity contribution in [1.82, 2.24) is 9.80 Å². The third kappa shape index (κ3) is 23.5. The Morgan fingerprint density at radius 2 is 0.723 bits per heavy atom. The quantitative estimate of drug-likeness (QED) is 0.0675. The lowest BCUT2D eigenvalue weighted by Gasteiger charge is -2.33. The number of benzene rings is 1. The standard InChI is InChI=1S/C45H82N2/c1-3-5-7-9-11-13-15-17-19-20-21-23-25-27-29-31-36-40-46-41-42-47(43-44-37-33-32-34-38-44)45(46)39-35-30-28-26-24-22-18-16-14-12-10-8-6-4-2/h32-34,37-38,41-42,45H,3-31,35-36,39-40,43H2,1-2H3. The van der Waals surface area contributed by atoms with Gasteiger partial charge in [-0.2, -0.15) is 0 Å². The molecular weight excluding hydrogens is 569 g/mol. The molecule has 1 heterocycles. The minimum absolute atomic E-state index is 0.550. The first-order valence-electron chi connectivity index (χ1n) is 21.6. The van der Waals surface area contributed by atoms with Gasteiger partial charge in [0.15, 0.2) is 0 Å². The SMILES string of the molecule is CCCCCCCCCCCCCCCCCCCN1C=CN(Cc2ccccc2)C1CCCCCCCCCCCCCCCC. The van der Waals surface area contributed by atoms with Crippen LogP contribution in [0.4, 0.5) is 0 Å². The number of nitrogens with zero attached hydrogens (tertiary/aromatic N) is 2. The summed E-state index contributed by atoms with van der Waals surface area (Å²) in [5.41, 5.74) is 1.43. The van der Waals surface area contributed by atoms with Gasteiger partial charge in [-0.1, -0.05) is 230 Å². The lowest BCUT2D eigenvalue weighted by molar-refractivity contribution is 0.132. The van der Waals surface area contributed by atoms with Crippen LogP contribution in [0.1, 0.15) is 225 Å². The van der Waals surface area contributed by atoms with Crippen molar-refractivity contribution in [2.24, 2.45) is 0 Å². The summed E-state index contributed by atoms with van der Waals surface area (Å²) < 4.78 is 0. The zero-order chi connectivity index (χ0) is 33.3. The molecule has 0 saturated carbocycles. The Labute approximate surface area is 295 Å². The fourth-order valence-corrected chi connectivity index (χ4v) is 7.61. The molecule has 1 aromatic carbocycles. The van der Waals surface area contributed by atoms with Gasteiger partial charge in [0.2, 0.25) is 0 Å². The Kier molecular flexibility index (Phi) is 28.2. The van der Waals surface area contributed by atoms with E-state index in [1.165, 1.54) is 218 Å². The summed E-state index contributed by atoms with van der Waals surface area (Å²) in [6.45, 7) is 6.88. The van der Waals surface area contributed by atoms with Crippen molar-refractivity contribution >= 4 is 0 Å². The third-order valence-corrected chi connectivity index (χ3v) is 10.8. The summed E-state index contributed by atoms with van der Waals surface area (Å²) in [6.07, 6.45) is 51.3. The first-order valence-corrected chi connectivity index (χ1v) is 21.6. The molecule has 1 unspecified atom stereocenters. The molecule has 1 aliphatic rings. The number of rotatable bonds is 35. The summed E-state index contributed by atoms with van der Waals surface area (Å²) in [5.74, 6) is 0. The van der Waals surface area contributed by atoms with E-state index in [1.54, 1.807) is 0 Å². The third-order valence-electron chi connectivity index (χ3n) is 10.8. The first-order chi connectivity index (χ1) is 23.3. The summed E-state index contributed by atoms with van der Waals surface area (Å²) in [7, 11) is 0. The maximum absolute atomic E-state index is 2.68. The van der Waals surface area contributed by atoms with Gasteiger partial charge in [-0.15, -0.1) is 0 Å². The van der Waals surface area contributed by atoms with E-state index >= 15 is 0 Å². The molecule has 0 aliphatic carbocycles. The Hall–Kier alpha value is -1.44. The molecule has 0 bridgehead atoms. The summed E-state index contributed by atoms with van der Waals surface area (Å²) in [5, 5.41) is 0. The molecule has 1 aliphatic heterocycles. The van der Waals surface area contributed by atoms with Crippen LogP contribution >= 0.6 is 0 Å². The van der Waals surface area contributed by atoms with Crippen LogP contribution < -0.4 is 0 Å². The van der Waals surface area contributed by atoms with Crippen molar-refractivity contribution in [2.45, 2.75) is 232 Å². The van der Waals surface area contributed by atoms with Gasteiger partial charge in [-0.3, -0.25) is 0 Å². The van der Waals surface area contributed by atoms with Gasteiger partial charge in [-0.25, -0.2) is 0 Å². The number of unbranched alkanes of at least 4 members (excludes halogenated alkanes) is 29. The van der Waals surface area contributed by atoms with E-state index in [2.05, 4.69) is 66.4 Å². The summed E-state index contributed by atoms with van der Waals surface area (Å²) >= 11 is 0. The lowest BCUT2D eigenvalue weighted by atomic mass is 10.0. The number of hydrogen-bond acceptors (Lipinski definition) is 2. The smallest absolute Gasteiger partial charge is 0.101 e. The molecule has 0 amide bonds. The van der Waals surface area contributed by atoms with E-state index in [1.807, 2.05) is 0 Å². The number of hydrogen-bond donors (Lipinski definition) is 0. The monoisotopic (exact) mass is 651 g/mol. The van der Waals surface area contributed by atoms with Gasteiger partial charge >= 0.3 is 0 Å². The van der Waals surface area contributed by atoms with E-state index in [0.717, 1.165) is 6.54 Å². The topological polar surface area (TPSA) is 6.48 Å². The molecule has 2 nitrogen and oxygen atoms in total. The van der Waals surface area contributed by atoms with Crippen LogP contribution in [0.2, 0.25) is 0 Å². The minimum atomic E-state index is 0.550. The predicted molar refractivity (Wildman–Crippen MR) is 211 cm³/mol. The highest BCUT2D eigenvalue weighted by molar-refractivity contribution is 5.16. The van der Waals surface area contributed by atoms with Crippen LogP contribution in [0, 0.1) is 0 Å². The Balaban J connectivity index is 1.50. The van der Waals surface area contributed by atoms with Gasteiger partial charge in [0.05, 0.1) is 0 Å². The Morgan fingerprint density at radius 1 is 0.383 bits per heavy atom. The highest BCUT2D eigenvalue weighted by Crippen LogP contribution is 2.25.